The van der Waals surface area contributed by atoms with Gasteiger partial charge in [-0.1, -0.05) is 21.1 Å². The van der Waals surface area contributed by atoms with E-state index in [4.69, 9.17) is 5.21 Å². The summed E-state index contributed by atoms with van der Waals surface area (Å²) < 4.78 is 0.961. The molecule has 17 heavy (non-hydrogen) atoms. The van der Waals surface area contributed by atoms with Crippen LogP contribution in [-0.2, 0) is 0 Å². The fraction of sp³-hybridized carbons (Fsp3) is 0.333. The van der Waals surface area contributed by atoms with Crippen LogP contribution in [0.3, 0.4) is 0 Å². The van der Waals surface area contributed by atoms with E-state index in [0.717, 1.165) is 10.2 Å². The van der Waals surface area contributed by atoms with E-state index < -0.39 is 0 Å². The zero-order chi connectivity index (χ0) is 12.3. The third-order valence-corrected chi connectivity index (χ3v) is 3.39. The highest BCUT2D eigenvalue weighted by Gasteiger charge is 2.20. The van der Waals surface area contributed by atoms with Gasteiger partial charge in [0.25, 0.3) is 5.91 Å². The minimum Gasteiger partial charge on any atom is -0.411 e. The maximum Gasteiger partial charge on any atom is 0.253 e. The van der Waals surface area contributed by atoms with E-state index in [1.165, 1.54) is 0 Å². The molecule has 1 aliphatic heterocycles. The van der Waals surface area contributed by atoms with E-state index in [9.17, 15) is 4.79 Å². The summed E-state index contributed by atoms with van der Waals surface area (Å²) in [4.78, 5) is 13.9. The Kier molecular flexibility index (Phi) is 3.78. The normalized spacial score (nSPS) is 15.8. The predicted molar refractivity (Wildman–Crippen MR) is 68.5 cm³/mol. The average molecular weight is 297 g/mol. The lowest BCUT2D eigenvalue weighted by Gasteiger charge is -2.27. The standard InChI is InChI=1S/C12H13BrN2O2/c13-10-3-1-9(2-4-10)12(16)15-7-5-11(14-17)6-8-15/h1-4,17H,5-8H2. The van der Waals surface area contributed by atoms with Gasteiger partial charge < -0.3 is 10.1 Å². The van der Waals surface area contributed by atoms with Gasteiger partial charge in [-0.15, -0.1) is 0 Å². The number of likely N-dealkylation sites (tertiary alicyclic amines) is 1. The molecule has 2 rings (SSSR count). The highest BCUT2D eigenvalue weighted by Crippen LogP contribution is 2.15. The van der Waals surface area contributed by atoms with Crippen molar-refractivity contribution in [1.29, 1.82) is 0 Å². The third-order valence-electron chi connectivity index (χ3n) is 2.86. The second kappa shape index (κ2) is 5.31. The summed E-state index contributed by atoms with van der Waals surface area (Å²) in [6.45, 7) is 1.24. The summed E-state index contributed by atoms with van der Waals surface area (Å²) >= 11 is 3.34. The van der Waals surface area contributed by atoms with Crippen molar-refractivity contribution < 1.29 is 10.0 Å². The number of hydrogen-bond donors (Lipinski definition) is 1. The highest BCUT2D eigenvalue weighted by atomic mass is 79.9. The van der Waals surface area contributed by atoms with Gasteiger partial charge in [-0.05, 0) is 24.3 Å². The summed E-state index contributed by atoms with van der Waals surface area (Å²) in [7, 11) is 0. The van der Waals surface area contributed by atoms with Gasteiger partial charge in [0.1, 0.15) is 0 Å². The number of nitrogens with zero attached hydrogens (tertiary/aromatic N) is 2. The van der Waals surface area contributed by atoms with Gasteiger partial charge in [-0.3, -0.25) is 4.79 Å². The predicted octanol–water partition coefficient (Wildman–Crippen LogP) is 2.52. The number of hydrogen-bond acceptors (Lipinski definition) is 3. The van der Waals surface area contributed by atoms with E-state index in [1.54, 1.807) is 4.90 Å². The van der Waals surface area contributed by atoms with Gasteiger partial charge in [0.2, 0.25) is 0 Å². The first-order valence-electron chi connectivity index (χ1n) is 5.45. The van der Waals surface area contributed by atoms with Gasteiger partial charge in [-0.25, -0.2) is 0 Å². The second-order valence-corrected chi connectivity index (χ2v) is 4.88. The van der Waals surface area contributed by atoms with Crippen molar-refractivity contribution in [1.82, 2.24) is 4.90 Å². The van der Waals surface area contributed by atoms with Crippen molar-refractivity contribution in [2.75, 3.05) is 13.1 Å². The van der Waals surface area contributed by atoms with E-state index >= 15 is 0 Å². The van der Waals surface area contributed by atoms with Crippen LogP contribution in [0.25, 0.3) is 0 Å². The quantitative estimate of drug-likeness (QED) is 0.639. The van der Waals surface area contributed by atoms with Crippen molar-refractivity contribution in [2.24, 2.45) is 5.16 Å². The largest absolute Gasteiger partial charge is 0.411 e. The Morgan fingerprint density at radius 3 is 2.35 bits per heavy atom. The highest BCUT2D eigenvalue weighted by molar-refractivity contribution is 9.10. The molecule has 0 atom stereocenters. The van der Waals surface area contributed by atoms with E-state index in [0.29, 0.717) is 31.5 Å². The molecule has 1 aliphatic rings. The number of rotatable bonds is 1. The van der Waals surface area contributed by atoms with E-state index in [-0.39, 0.29) is 5.91 Å². The summed E-state index contributed by atoms with van der Waals surface area (Å²) in [5.74, 6) is 0.0366. The minimum absolute atomic E-state index is 0.0366. The van der Waals surface area contributed by atoms with Crippen LogP contribution in [0.5, 0.6) is 0 Å². The van der Waals surface area contributed by atoms with Crippen LogP contribution in [0.2, 0.25) is 0 Å². The zero-order valence-electron chi connectivity index (χ0n) is 9.27. The summed E-state index contributed by atoms with van der Waals surface area (Å²) in [5, 5.41) is 11.8. The first-order chi connectivity index (χ1) is 8.20. The van der Waals surface area contributed by atoms with Crippen molar-refractivity contribution in [3.05, 3.63) is 34.3 Å². The number of benzene rings is 1. The number of carbonyl (C=O) groups excluding carboxylic acids is 1. The summed E-state index contributed by atoms with van der Waals surface area (Å²) in [6, 6.07) is 7.33. The van der Waals surface area contributed by atoms with Crippen molar-refractivity contribution in [2.45, 2.75) is 12.8 Å². The van der Waals surface area contributed by atoms with Gasteiger partial charge in [0.05, 0.1) is 5.71 Å². The van der Waals surface area contributed by atoms with E-state index in [2.05, 4.69) is 21.1 Å². The zero-order valence-corrected chi connectivity index (χ0v) is 10.9. The molecular weight excluding hydrogens is 284 g/mol. The lowest BCUT2D eigenvalue weighted by molar-refractivity contribution is 0.0753. The maximum absolute atomic E-state index is 12.1. The van der Waals surface area contributed by atoms with Crippen molar-refractivity contribution in [3.63, 3.8) is 0 Å². The summed E-state index contributed by atoms with van der Waals surface area (Å²) in [5.41, 5.74) is 1.46. The summed E-state index contributed by atoms with van der Waals surface area (Å²) in [6.07, 6.45) is 1.30. The third kappa shape index (κ3) is 2.85. The van der Waals surface area contributed by atoms with Crippen LogP contribution >= 0.6 is 15.9 Å². The first kappa shape index (κ1) is 12.1. The molecule has 1 amide bonds. The molecule has 1 saturated heterocycles. The van der Waals surface area contributed by atoms with Crippen LogP contribution in [0, 0.1) is 0 Å². The number of oxime groups is 1. The topological polar surface area (TPSA) is 52.9 Å². The Morgan fingerprint density at radius 1 is 1.24 bits per heavy atom. The van der Waals surface area contributed by atoms with E-state index in [1.807, 2.05) is 24.3 Å². The molecular formula is C12H13BrN2O2. The fourth-order valence-electron chi connectivity index (χ4n) is 1.84. The molecule has 1 aromatic rings. The van der Waals surface area contributed by atoms with Gasteiger partial charge in [-0.2, -0.15) is 0 Å². The molecule has 0 radical (unpaired) electrons. The fourth-order valence-corrected chi connectivity index (χ4v) is 2.11. The molecule has 5 heteroatoms. The van der Waals surface area contributed by atoms with Crippen LogP contribution in [0.4, 0.5) is 0 Å². The minimum atomic E-state index is 0.0366. The van der Waals surface area contributed by atoms with Crippen LogP contribution < -0.4 is 0 Å². The van der Waals surface area contributed by atoms with Crippen LogP contribution in [0.1, 0.15) is 23.2 Å². The van der Waals surface area contributed by atoms with Crippen LogP contribution in [0.15, 0.2) is 33.9 Å². The average Bonchev–Trinajstić information content (AvgIpc) is 2.39. The molecule has 90 valence electrons. The Labute approximate surface area is 108 Å². The molecule has 0 bridgehead atoms. The molecule has 1 fully saturated rings. The molecule has 0 aromatic heterocycles. The monoisotopic (exact) mass is 296 g/mol. The lowest BCUT2D eigenvalue weighted by atomic mass is 10.1. The Morgan fingerprint density at radius 2 is 1.82 bits per heavy atom. The number of amides is 1. The molecule has 1 N–H and O–H groups in total. The van der Waals surface area contributed by atoms with Crippen molar-refractivity contribution in [3.8, 4) is 0 Å². The Bertz CT molecular complexity index is 432. The number of piperidine rings is 1. The molecule has 1 heterocycles. The lowest BCUT2D eigenvalue weighted by Crippen LogP contribution is -2.38. The van der Waals surface area contributed by atoms with Gasteiger partial charge in [0, 0.05) is 36.0 Å². The smallest absolute Gasteiger partial charge is 0.253 e. The van der Waals surface area contributed by atoms with Crippen LogP contribution in [-0.4, -0.2) is 34.8 Å². The second-order valence-electron chi connectivity index (χ2n) is 3.97. The molecule has 0 unspecified atom stereocenters. The van der Waals surface area contributed by atoms with Gasteiger partial charge in [0.15, 0.2) is 0 Å². The van der Waals surface area contributed by atoms with Crippen molar-refractivity contribution >= 4 is 27.5 Å². The molecule has 4 nitrogen and oxygen atoms in total. The maximum atomic E-state index is 12.1. The molecule has 0 spiro atoms. The SMILES string of the molecule is O=C(c1ccc(Br)cc1)N1CCC(=NO)CC1. The molecule has 0 saturated carbocycles. The Balaban J connectivity index is 2.04. The molecule has 1 aromatic carbocycles. The number of carbonyl (C=O) groups is 1. The Hall–Kier alpha value is -1.36. The molecule has 0 aliphatic carbocycles. The number of halogens is 1. The van der Waals surface area contributed by atoms with Gasteiger partial charge >= 0.3 is 0 Å². The first-order valence-corrected chi connectivity index (χ1v) is 6.24.